The molecule has 3 amide bonds. The van der Waals surface area contributed by atoms with Crippen molar-refractivity contribution in [3.8, 4) is 0 Å². The van der Waals surface area contributed by atoms with Crippen molar-refractivity contribution >= 4 is 61.6 Å². The van der Waals surface area contributed by atoms with Gasteiger partial charge in [0.05, 0.1) is 6.04 Å². The first-order valence-electron chi connectivity index (χ1n) is 13.0. The summed E-state index contributed by atoms with van der Waals surface area (Å²) in [7, 11) is 0. The molecule has 0 spiro atoms. The van der Waals surface area contributed by atoms with Crippen LogP contribution in [0.3, 0.4) is 0 Å². The van der Waals surface area contributed by atoms with Crippen LogP contribution in [0.2, 0.25) is 5.02 Å². The smallest absolute Gasteiger partial charge is 0.314 e. The number of allylic oxidation sites excluding steroid dienone is 1. The number of piperidine rings is 2. The van der Waals surface area contributed by atoms with Gasteiger partial charge in [0.2, 0.25) is 5.91 Å². The fourth-order valence-electron chi connectivity index (χ4n) is 6.69. The van der Waals surface area contributed by atoms with Crippen LogP contribution in [-0.2, 0) is 11.2 Å². The highest BCUT2D eigenvalue weighted by Gasteiger charge is 2.41. The molecular formula is C27H33Br2ClN4O2. The van der Waals surface area contributed by atoms with Gasteiger partial charge in [-0.05, 0) is 89.6 Å². The average molecular weight is 641 g/mol. The van der Waals surface area contributed by atoms with Gasteiger partial charge in [0, 0.05) is 64.6 Å². The van der Waals surface area contributed by atoms with Crippen molar-refractivity contribution in [3.63, 3.8) is 0 Å². The molecule has 1 aliphatic carbocycles. The molecule has 0 saturated carbocycles. The first kappa shape index (κ1) is 26.2. The highest BCUT2D eigenvalue weighted by molar-refractivity contribution is 9.12. The lowest BCUT2D eigenvalue weighted by molar-refractivity contribution is -0.134. The highest BCUT2D eigenvalue weighted by atomic mass is 79.9. The van der Waals surface area contributed by atoms with Crippen molar-refractivity contribution < 1.29 is 9.59 Å². The number of fused-ring (bicyclic) bond motifs is 2. The van der Waals surface area contributed by atoms with Crippen LogP contribution in [0.1, 0.15) is 55.6 Å². The summed E-state index contributed by atoms with van der Waals surface area (Å²) in [6.07, 6.45) is 10.6. The van der Waals surface area contributed by atoms with Gasteiger partial charge in [-0.2, -0.15) is 0 Å². The summed E-state index contributed by atoms with van der Waals surface area (Å²) in [6.45, 7) is 2.90. The number of carbonyl (C=O) groups is 2. The number of benzene rings is 1. The zero-order chi connectivity index (χ0) is 25.4. The number of hydrogen-bond acceptors (Lipinski definition) is 3. The monoisotopic (exact) mass is 638 g/mol. The molecule has 3 aliphatic heterocycles. The van der Waals surface area contributed by atoms with Crippen LogP contribution in [0.5, 0.6) is 0 Å². The fourth-order valence-corrected chi connectivity index (χ4v) is 8.29. The molecule has 9 heteroatoms. The Morgan fingerprint density at radius 1 is 1.03 bits per heavy atom. The van der Waals surface area contributed by atoms with Gasteiger partial charge >= 0.3 is 6.03 Å². The Kier molecular flexibility index (Phi) is 8.13. The molecule has 1 aromatic carbocycles. The van der Waals surface area contributed by atoms with Crippen molar-refractivity contribution in [1.82, 2.24) is 9.80 Å². The number of urea groups is 1. The second kappa shape index (κ2) is 11.2. The topological polar surface area (TPSA) is 79.0 Å². The number of aryl methyl sites for hydroxylation is 1. The maximum Gasteiger partial charge on any atom is 0.314 e. The second-order valence-electron chi connectivity index (χ2n) is 10.7. The number of amides is 3. The third-order valence-corrected chi connectivity index (χ3v) is 9.94. The molecule has 0 radical (unpaired) electrons. The summed E-state index contributed by atoms with van der Waals surface area (Å²) in [4.78, 5) is 33.3. The van der Waals surface area contributed by atoms with E-state index in [9.17, 15) is 9.59 Å². The molecule has 194 valence electrons. The van der Waals surface area contributed by atoms with Crippen LogP contribution in [0, 0.1) is 17.8 Å². The zero-order valence-electron chi connectivity index (χ0n) is 20.3. The van der Waals surface area contributed by atoms with E-state index in [1.54, 1.807) is 4.90 Å². The Labute approximate surface area is 234 Å². The predicted molar refractivity (Wildman–Crippen MR) is 151 cm³/mol. The van der Waals surface area contributed by atoms with Gasteiger partial charge in [0.25, 0.3) is 0 Å². The van der Waals surface area contributed by atoms with Crippen LogP contribution in [-0.4, -0.2) is 60.2 Å². The van der Waals surface area contributed by atoms with E-state index in [4.69, 9.17) is 22.3 Å². The summed E-state index contributed by atoms with van der Waals surface area (Å²) < 4.78 is 2.15. The van der Waals surface area contributed by atoms with Gasteiger partial charge in [0.1, 0.15) is 0 Å². The maximum absolute atomic E-state index is 13.1. The summed E-state index contributed by atoms with van der Waals surface area (Å²) >= 11 is 13.9. The quantitative estimate of drug-likeness (QED) is 0.447. The lowest BCUT2D eigenvalue weighted by Crippen LogP contribution is -2.44. The van der Waals surface area contributed by atoms with E-state index in [1.165, 1.54) is 11.1 Å². The Morgan fingerprint density at radius 3 is 2.42 bits per heavy atom. The van der Waals surface area contributed by atoms with Crippen LogP contribution < -0.4 is 5.73 Å². The predicted octanol–water partition coefficient (Wildman–Crippen LogP) is 5.90. The van der Waals surface area contributed by atoms with Crippen LogP contribution in [0.25, 0.3) is 0 Å². The number of nitrogens with zero attached hydrogens (tertiary/aromatic N) is 3. The Balaban J connectivity index is 1.28. The molecule has 0 aromatic heterocycles. The molecule has 1 aromatic rings. The summed E-state index contributed by atoms with van der Waals surface area (Å²) in [5.41, 5.74) is 8.09. The molecule has 36 heavy (non-hydrogen) atoms. The Bertz CT molecular complexity index is 1080. The van der Waals surface area contributed by atoms with Gasteiger partial charge in [-0.3, -0.25) is 9.79 Å². The van der Waals surface area contributed by atoms with Crippen molar-refractivity contribution in [3.05, 3.63) is 43.3 Å². The number of aliphatic imine (C=N–C) groups is 1. The van der Waals surface area contributed by atoms with E-state index in [2.05, 4.69) is 48.9 Å². The number of dihydropyridines is 1. The molecule has 3 atom stereocenters. The SMILES string of the molecule is NC(=O)N1CCC(CC(=O)N2CCC(C3c4c(Br)cc(Cl)cc4CCC4C=C(Br)C=NC43)CC2)CC1. The maximum atomic E-state index is 13.1. The van der Waals surface area contributed by atoms with Crippen molar-refractivity contribution in [2.24, 2.45) is 28.5 Å². The molecule has 3 unspecified atom stereocenters. The summed E-state index contributed by atoms with van der Waals surface area (Å²) in [6, 6.07) is 4.00. The van der Waals surface area contributed by atoms with E-state index < -0.39 is 0 Å². The minimum Gasteiger partial charge on any atom is -0.351 e. The largest absolute Gasteiger partial charge is 0.351 e. The zero-order valence-corrected chi connectivity index (χ0v) is 24.3. The molecule has 4 aliphatic rings. The molecule has 2 saturated heterocycles. The van der Waals surface area contributed by atoms with Gasteiger partial charge in [-0.1, -0.05) is 33.6 Å². The summed E-state index contributed by atoms with van der Waals surface area (Å²) in [5, 5.41) is 0.770. The number of carbonyl (C=O) groups excluding carboxylic acids is 2. The Morgan fingerprint density at radius 2 is 1.72 bits per heavy atom. The normalized spacial score (nSPS) is 27.2. The molecule has 2 fully saturated rings. The van der Waals surface area contributed by atoms with E-state index in [0.29, 0.717) is 43.2 Å². The van der Waals surface area contributed by atoms with Gasteiger partial charge < -0.3 is 15.5 Å². The van der Waals surface area contributed by atoms with Crippen LogP contribution >= 0.6 is 43.5 Å². The fraction of sp³-hybridized carbons (Fsp3) is 0.593. The van der Waals surface area contributed by atoms with E-state index >= 15 is 0 Å². The van der Waals surface area contributed by atoms with E-state index in [1.807, 2.05) is 12.3 Å². The van der Waals surface area contributed by atoms with Gasteiger partial charge in [0.15, 0.2) is 0 Å². The molecule has 5 rings (SSSR count). The molecule has 3 heterocycles. The van der Waals surface area contributed by atoms with E-state index in [-0.39, 0.29) is 18.0 Å². The number of rotatable bonds is 3. The molecule has 2 N–H and O–H groups in total. The van der Waals surface area contributed by atoms with Crippen LogP contribution in [0.4, 0.5) is 4.79 Å². The number of hydrogen-bond donors (Lipinski definition) is 1. The summed E-state index contributed by atoms with van der Waals surface area (Å²) in [5.74, 6) is 1.72. The molecule has 0 bridgehead atoms. The first-order chi connectivity index (χ1) is 17.3. The minimum absolute atomic E-state index is 0.202. The average Bonchev–Trinajstić information content (AvgIpc) is 3.01. The lowest BCUT2D eigenvalue weighted by atomic mass is 9.72. The van der Waals surface area contributed by atoms with Crippen molar-refractivity contribution in [2.45, 2.75) is 56.9 Å². The number of nitrogens with two attached hydrogens (primary N) is 1. The van der Waals surface area contributed by atoms with Crippen molar-refractivity contribution in [2.75, 3.05) is 26.2 Å². The Hall–Kier alpha value is -1.38. The van der Waals surface area contributed by atoms with Gasteiger partial charge in [-0.15, -0.1) is 0 Å². The number of halogens is 3. The van der Waals surface area contributed by atoms with Crippen molar-refractivity contribution in [1.29, 1.82) is 0 Å². The minimum atomic E-state index is -0.358. The highest BCUT2D eigenvalue weighted by Crippen LogP contribution is 2.48. The molecular weight excluding hydrogens is 608 g/mol. The number of primary amides is 1. The van der Waals surface area contributed by atoms with E-state index in [0.717, 1.165) is 65.6 Å². The van der Waals surface area contributed by atoms with Gasteiger partial charge in [-0.25, -0.2) is 4.79 Å². The third-order valence-electron chi connectivity index (χ3n) is 8.60. The first-order valence-corrected chi connectivity index (χ1v) is 15.0. The van der Waals surface area contributed by atoms with Crippen LogP contribution in [0.15, 0.2) is 32.2 Å². The standard InChI is InChI=1S/C27H33Br2ClN4O2/c28-20-12-19-2-1-18-13-21(30)14-22(29)24(18)25(26(19)32-15-20)17-5-9-33(10-6-17)23(35)11-16-3-7-34(8-4-16)27(31)36/h12-17,19,25-26H,1-11H2,(H2,31,36). The molecule has 6 nitrogen and oxygen atoms in total. The second-order valence-corrected chi connectivity index (χ2v) is 12.9. The lowest BCUT2D eigenvalue weighted by Gasteiger charge is -2.41. The number of likely N-dealkylation sites (tertiary alicyclic amines) is 2. The third kappa shape index (κ3) is 5.56.